The number of hydrogen-bond donors (Lipinski definition) is 0. The van der Waals surface area contributed by atoms with Gasteiger partial charge in [0, 0.05) is 15.1 Å². The van der Waals surface area contributed by atoms with E-state index in [2.05, 4.69) is 4.99 Å². The first-order valence-corrected chi connectivity index (χ1v) is 12.4. The van der Waals surface area contributed by atoms with Crippen molar-refractivity contribution in [3.63, 3.8) is 0 Å². The van der Waals surface area contributed by atoms with Crippen molar-refractivity contribution in [3.05, 3.63) is 98.5 Å². The summed E-state index contributed by atoms with van der Waals surface area (Å²) < 4.78 is 17.6. The van der Waals surface area contributed by atoms with E-state index in [-0.39, 0.29) is 17.3 Å². The normalized spacial score (nSPS) is 14.1. The maximum Gasteiger partial charge on any atom is 0.363 e. The third kappa shape index (κ3) is 4.86. The summed E-state index contributed by atoms with van der Waals surface area (Å²) in [6, 6.07) is 19.0. The summed E-state index contributed by atoms with van der Waals surface area (Å²) in [6.45, 7) is 2.16. The van der Waals surface area contributed by atoms with Gasteiger partial charge in [-0.05, 0) is 61.0 Å². The molecule has 0 saturated carbocycles. The Hall–Kier alpha value is -3.65. The van der Waals surface area contributed by atoms with Crippen molar-refractivity contribution in [2.75, 3.05) is 6.61 Å². The molecule has 3 aromatic carbocycles. The number of aliphatic imine (C=N–C) groups is 1. The smallest absolute Gasteiger partial charge is 0.363 e. The van der Waals surface area contributed by atoms with Crippen molar-refractivity contribution < 1.29 is 23.8 Å². The van der Waals surface area contributed by atoms with Gasteiger partial charge in [-0.2, -0.15) is 0 Å². The Morgan fingerprint density at radius 1 is 1.06 bits per heavy atom. The monoisotopic (exact) mass is 537 g/mol. The summed E-state index contributed by atoms with van der Waals surface area (Å²) in [7, 11) is 0. The molecule has 1 aliphatic heterocycles. The van der Waals surface area contributed by atoms with Crippen molar-refractivity contribution in [1.29, 1.82) is 0 Å². The summed E-state index contributed by atoms with van der Waals surface area (Å²) in [6.07, 6.45) is 1.57. The van der Waals surface area contributed by atoms with E-state index in [0.717, 1.165) is 10.1 Å². The number of carbonyl (C=O) groups is 2. The molecule has 9 heteroatoms. The Labute approximate surface area is 220 Å². The van der Waals surface area contributed by atoms with Crippen LogP contribution in [-0.2, 0) is 9.53 Å². The maximum atomic E-state index is 12.5. The Morgan fingerprint density at radius 3 is 2.58 bits per heavy atom. The van der Waals surface area contributed by atoms with Gasteiger partial charge < -0.3 is 14.2 Å². The summed E-state index contributed by atoms with van der Waals surface area (Å²) in [5, 5.41) is 1.89. The number of rotatable bonds is 6. The Kier molecular flexibility index (Phi) is 6.78. The van der Waals surface area contributed by atoms with Crippen LogP contribution in [0.25, 0.3) is 16.2 Å². The lowest BCUT2D eigenvalue weighted by atomic mass is 10.1. The number of fused-ring (bicyclic) bond motifs is 1. The number of esters is 2. The van der Waals surface area contributed by atoms with Gasteiger partial charge in [-0.3, -0.25) is 0 Å². The summed E-state index contributed by atoms with van der Waals surface area (Å²) in [5.41, 5.74) is 1.08. The highest BCUT2D eigenvalue weighted by Gasteiger charge is 2.28. The van der Waals surface area contributed by atoms with E-state index < -0.39 is 11.9 Å². The first kappa shape index (κ1) is 24.1. The van der Waals surface area contributed by atoms with Crippen molar-refractivity contribution in [2.45, 2.75) is 6.92 Å². The van der Waals surface area contributed by atoms with E-state index in [9.17, 15) is 9.59 Å². The van der Waals surface area contributed by atoms with Gasteiger partial charge in [-0.15, -0.1) is 11.3 Å². The molecule has 1 aromatic heterocycles. The second-order valence-electron chi connectivity index (χ2n) is 7.61. The van der Waals surface area contributed by atoms with E-state index >= 15 is 0 Å². The number of ether oxygens (including phenoxy) is 3. The van der Waals surface area contributed by atoms with Crippen LogP contribution in [-0.4, -0.2) is 24.4 Å². The highest BCUT2D eigenvalue weighted by molar-refractivity contribution is 7.21. The van der Waals surface area contributed by atoms with Crippen LogP contribution in [0.2, 0.25) is 10.0 Å². The van der Waals surface area contributed by atoms with Crippen molar-refractivity contribution in [1.82, 2.24) is 0 Å². The average Bonchev–Trinajstić information content (AvgIpc) is 3.40. The SMILES string of the molecule is CCOc1cc(/C=C2/N=C(c3sc4ccccc4c3Cl)OC2=O)ccc1OC(=O)c1ccc(Cl)cc1. The molecule has 36 heavy (non-hydrogen) atoms. The minimum atomic E-state index is -0.588. The second kappa shape index (κ2) is 10.1. The fraction of sp³-hybridized carbons (Fsp3) is 0.0741. The zero-order valence-corrected chi connectivity index (χ0v) is 21.1. The molecular weight excluding hydrogens is 521 g/mol. The molecule has 2 heterocycles. The van der Waals surface area contributed by atoms with Crippen LogP contribution in [0, 0.1) is 0 Å². The minimum Gasteiger partial charge on any atom is -0.490 e. The van der Waals surface area contributed by atoms with E-state index in [0.29, 0.717) is 38.4 Å². The number of cyclic esters (lactones) is 1. The number of benzene rings is 3. The third-order valence-electron chi connectivity index (χ3n) is 5.20. The fourth-order valence-electron chi connectivity index (χ4n) is 3.53. The molecule has 0 atom stereocenters. The topological polar surface area (TPSA) is 74.2 Å². The third-order valence-corrected chi connectivity index (χ3v) is 7.12. The Balaban J connectivity index is 1.42. The average molecular weight is 538 g/mol. The molecule has 0 spiro atoms. The van der Waals surface area contributed by atoms with Crippen molar-refractivity contribution in [3.8, 4) is 11.5 Å². The molecule has 5 rings (SSSR count). The van der Waals surface area contributed by atoms with Crippen molar-refractivity contribution in [2.24, 2.45) is 4.99 Å². The van der Waals surface area contributed by atoms with Crippen LogP contribution >= 0.6 is 34.5 Å². The molecule has 0 N–H and O–H groups in total. The number of hydrogen-bond acceptors (Lipinski definition) is 7. The predicted octanol–water partition coefficient (Wildman–Crippen LogP) is 7.17. The van der Waals surface area contributed by atoms with Gasteiger partial charge in [0.15, 0.2) is 17.2 Å². The van der Waals surface area contributed by atoms with Crippen LogP contribution in [0.5, 0.6) is 11.5 Å². The molecule has 1 aliphatic rings. The molecule has 0 fully saturated rings. The molecule has 4 aromatic rings. The second-order valence-corrected chi connectivity index (χ2v) is 9.48. The molecular formula is C27H17Cl2NO5S. The van der Waals surface area contributed by atoms with Gasteiger partial charge in [-0.1, -0.05) is 47.5 Å². The van der Waals surface area contributed by atoms with Gasteiger partial charge in [0.1, 0.15) is 4.88 Å². The van der Waals surface area contributed by atoms with Crippen molar-refractivity contribution >= 4 is 68.5 Å². The van der Waals surface area contributed by atoms with Gasteiger partial charge in [-0.25, -0.2) is 14.6 Å². The van der Waals surface area contributed by atoms with Crippen LogP contribution in [0.15, 0.2) is 77.4 Å². The molecule has 0 radical (unpaired) electrons. The minimum absolute atomic E-state index is 0.117. The molecule has 0 amide bonds. The number of nitrogens with zero attached hydrogens (tertiary/aromatic N) is 1. The first-order chi connectivity index (χ1) is 17.4. The fourth-order valence-corrected chi connectivity index (χ4v) is 5.09. The van der Waals surface area contributed by atoms with Crippen LogP contribution in [0.1, 0.15) is 27.7 Å². The highest BCUT2D eigenvalue weighted by atomic mass is 35.5. The lowest BCUT2D eigenvalue weighted by molar-refractivity contribution is -0.129. The van der Waals surface area contributed by atoms with Crippen LogP contribution in [0.3, 0.4) is 0 Å². The number of thiophene rings is 1. The molecule has 0 unspecified atom stereocenters. The van der Waals surface area contributed by atoms with E-state index in [1.165, 1.54) is 11.3 Å². The molecule has 6 nitrogen and oxygen atoms in total. The lowest BCUT2D eigenvalue weighted by Gasteiger charge is -2.11. The van der Waals surface area contributed by atoms with Gasteiger partial charge >= 0.3 is 11.9 Å². The number of halogens is 2. The van der Waals surface area contributed by atoms with E-state index in [4.69, 9.17) is 37.4 Å². The Bertz CT molecular complexity index is 1560. The zero-order chi connectivity index (χ0) is 25.2. The molecule has 0 bridgehead atoms. The largest absolute Gasteiger partial charge is 0.490 e. The van der Waals surface area contributed by atoms with E-state index in [1.807, 2.05) is 31.2 Å². The van der Waals surface area contributed by atoms with Gasteiger partial charge in [0.05, 0.1) is 17.2 Å². The van der Waals surface area contributed by atoms with Gasteiger partial charge in [0.2, 0.25) is 5.90 Å². The van der Waals surface area contributed by atoms with Crippen LogP contribution < -0.4 is 9.47 Å². The van der Waals surface area contributed by atoms with Gasteiger partial charge in [0.25, 0.3) is 0 Å². The Morgan fingerprint density at radius 2 is 1.83 bits per heavy atom. The van der Waals surface area contributed by atoms with E-state index in [1.54, 1.807) is 48.5 Å². The highest BCUT2D eigenvalue weighted by Crippen LogP contribution is 2.37. The number of carbonyl (C=O) groups excluding carboxylic acids is 2. The summed E-state index contributed by atoms with van der Waals surface area (Å²) in [4.78, 5) is 30.0. The molecule has 180 valence electrons. The summed E-state index contributed by atoms with van der Waals surface area (Å²) in [5.74, 6) is -0.384. The zero-order valence-electron chi connectivity index (χ0n) is 18.8. The standard InChI is InChI=1S/C27H17Cl2NO5S/c1-2-33-21-14-15(7-12-20(21)34-26(31)16-8-10-17(28)11-9-16)13-19-27(32)35-25(30-19)24-23(29)18-5-3-4-6-22(18)36-24/h3-14H,2H2,1H3/b19-13+. The quantitative estimate of drug-likeness (QED) is 0.148. The lowest BCUT2D eigenvalue weighted by Crippen LogP contribution is -2.09. The molecule has 0 aliphatic carbocycles. The predicted molar refractivity (Wildman–Crippen MR) is 141 cm³/mol. The summed E-state index contributed by atoms with van der Waals surface area (Å²) >= 11 is 13.8. The molecule has 0 saturated heterocycles. The van der Waals surface area contributed by atoms with Crippen LogP contribution in [0.4, 0.5) is 0 Å². The maximum absolute atomic E-state index is 12.5. The first-order valence-electron chi connectivity index (χ1n) is 10.9.